The van der Waals surface area contributed by atoms with Crippen LogP contribution in [0.5, 0.6) is 0 Å². The van der Waals surface area contributed by atoms with Crippen LogP contribution >= 0.6 is 22.9 Å². The molecule has 1 saturated heterocycles. The van der Waals surface area contributed by atoms with Gasteiger partial charge in [-0.3, -0.25) is 0 Å². The van der Waals surface area contributed by atoms with Gasteiger partial charge in [0.25, 0.3) is 0 Å². The first-order chi connectivity index (χ1) is 13.2. The third kappa shape index (κ3) is 2.97. The molecule has 8 heteroatoms. The number of benzene rings is 1. The summed E-state index contributed by atoms with van der Waals surface area (Å²) >= 11 is 7.63. The molecule has 0 bridgehead atoms. The second-order valence-electron chi connectivity index (χ2n) is 6.37. The molecular weight excluding hydrogens is 384 g/mol. The highest BCUT2D eigenvalue weighted by Gasteiger charge is 2.16. The minimum atomic E-state index is -0.407. The summed E-state index contributed by atoms with van der Waals surface area (Å²) in [5.74, 6) is 0.826. The number of thiazole rings is 1. The maximum atomic E-state index is 12.6. The molecule has 0 spiro atoms. The predicted molar refractivity (Wildman–Crippen MR) is 109 cm³/mol. The Hall–Kier alpha value is -2.48. The lowest BCUT2D eigenvalue weighted by molar-refractivity contribution is 0.560. The summed E-state index contributed by atoms with van der Waals surface area (Å²) in [7, 11) is 0. The Kier molecular flexibility index (Phi) is 4.07. The van der Waals surface area contributed by atoms with E-state index in [9.17, 15) is 4.79 Å². The molecule has 136 valence electrons. The van der Waals surface area contributed by atoms with E-state index in [1.807, 2.05) is 18.2 Å². The summed E-state index contributed by atoms with van der Waals surface area (Å²) in [5, 5.41) is 5.25. The second-order valence-corrected chi connectivity index (χ2v) is 7.81. The summed E-state index contributed by atoms with van der Waals surface area (Å²) in [5.41, 5.74) is 1.25. The minimum Gasteiger partial charge on any atom is -0.422 e. The molecule has 4 heterocycles. The van der Waals surface area contributed by atoms with Gasteiger partial charge >= 0.3 is 5.63 Å². The zero-order valence-electron chi connectivity index (χ0n) is 14.2. The van der Waals surface area contributed by atoms with E-state index in [2.05, 4.69) is 20.2 Å². The number of rotatable bonds is 2. The molecule has 3 aromatic heterocycles. The molecule has 5 rings (SSSR count). The Morgan fingerprint density at radius 3 is 2.89 bits per heavy atom. The Morgan fingerprint density at radius 2 is 2.07 bits per heavy atom. The summed E-state index contributed by atoms with van der Waals surface area (Å²) in [6, 6.07) is 9.23. The first kappa shape index (κ1) is 16.7. The van der Waals surface area contributed by atoms with Crippen LogP contribution in [0.15, 0.2) is 45.7 Å². The number of halogens is 1. The Labute approximate surface area is 163 Å². The average Bonchev–Trinajstić information content (AvgIpc) is 3.13. The monoisotopic (exact) mass is 398 g/mol. The van der Waals surface area contributed by atoms with E-state index in [1.165, 1.54) is 11.3 Å². The van der Waals surface area contributed by atoms with E-state index in [0.29, 0.717) is 26.7 Å². The van der Waals surface area contributed by atoms with Crippen molar-refractivity contribution in [1.82, 2.24) is 15.3 Å². The number of para-hydroxylation sites is 1. The van der Waals surface area contributed by atoms with Crippen LogP contribution in [0.25, 0.3) is 31.8 Å². The molecular formula is C19H15ClN4O2S. The smallest absolute Gasteiger partial charge is 0.346 e. The number of anilines is 1. The number of nitrogens with one attached hydrogen (secondary N) is 1. The van der Waals surface area contributed by atoms with Crippen LogP contribution in [0.1, 0.15) is 0 Å². The highest BCUT2D eigenvalue weighted by atomic mass is 35.5. The quantitative estimate of drug-likeness (QED) is 0.557. The molecule has 0 atom stereocenters. The van der Waals surface area contributed by atoms with E-state index in [0.717, 1.165) is 42.1 Å². The van der Waals surface area contributed by atoms with Crippen molar-refractivity contribution in [3.05, 3.63) is 52.0 Å². The van der Waals surface area contributed by atoms with Crippen LogP contribution in [-0.4, -0.2) is 36.1 Å². The first-order valence-corrected chi connectivity index (χ1v) is 9.83. The zero-order chi connectivity index (χ0) is 18.4. The van der Waals surface area contributed by atoms with E-state index in [-0.39, 0.29) is 0 Å². The van der Waals surface area contributed by atoms with Crippen molar-refractivity contribution in [2.45, 2.75) is 0 Å². The van der Waals surface area contributed by atoms with Crippen molar-refractivity contribution in [2.24, 2.45) is 0 Å². The fourth-order valence-corrected chi connectivity index (χ4v) is 4.52. The van der Waals surface area contributed by atoms with Gasteiger partial charge in [0.2, 0.25) is 0 Å². The first-order valence-electron chi connectivity index (χ1n) is 8.64. The Balaban J connectivity index is 1.60. The van der Waals surface area contributed by atoms with Crippen LogP contribution in [-0.2, 0) is 0 Å². The SMILES string of the molecule is O=c1oc2cc(N3CCNCC3)ncc2cc1-c1nc2c(Cl)cccc2s1. The molecule has 0 saturated carbocycles. The molecule has 1 aliphatic rings. The third-order valence-electron chi connectivity index (χ3n) is 4.64. The number of nitrogens with zero attached hydrogens (tertiary/aromatic N) is 3. The van der Waals surface area contributed by atoms with Crippen molar-refractivity contribution < 1.29 is 4.42 Å². The standard InChI is InChI=1S/C19H15ClN4O2S/c20-13-2-1-3-15-17(13)23-18(27-15)12-8-11-10-22-16(9-14(11)26-19(12)25)24-6-4-21-5-7-24/h1-3,8-10,21H,4-7H2. The summed E-state index contributed by atoms with van der Waals surface area (Å²) in [4.78, 5) is 23.9. The topological polar surface area (TPSA) is 71.3 Å². The highest BCUT2D eigenvalue weighted by Crippen LogP contribution is 2.33. The number of piperazine rings is 1. The molecule has 1 N–H and O–H groups in total. The van der Waals surface area contributed by atoms with Crippen molar-refractivity contribution >= 4 is 49.9 Å². The van der Waals surface area contributed by atoms with Gasteiger partial charge in [0.05, 0.1) is 15.3 Å². The van der Waals surface area contributed by atoms with Gasteiger partial charge in [0.15, 0.2) is 0 Å². The van der Waals surface area contributed by atoms with Gasteiger partial charge in [-0.05, 0) is 18.2 Å². The summed E-state index contributed by atoms with van der Waals surface area (Å²) in [6.07, 6.45) is 1.75. The number of hydrogen-bond acceptors (Lipinski definition) is 7. The van der Waals surface area contributed by atoms with Crippen molar-refractivity contribution in [3.8, 4) is 10.6 Å². The van der Waals surface area contributed by atoms with Crippen molar-refractivity contribution in [2.75, 3.05) is 31.1 Å². The van der Waals surface area contributed by atoms with Gasteiger partial charge in [-0.15, -0.1) is 11.3 Å². The zero-order valence-corrected chi connectivity index (χ0v) is 15.8. The number of pyridine rings is 1. The average molecular weight is 399 g/mol. The van der Waals surface area contributed by atoms with E-state index >= 15 is 0 Å². The molecule has 0 aliphatic carbocycles. The third-order valence-corrected chi connectivity index (χ3v) is 6.00. The maximum absolute atomic E-state index is 12.6. The Morgan fingerprint density at radius 1 is 1.22 bits per heavy atom. The van der Waals surface area contributed by atoms with Gasteiger partial charge in [-0.25, -0.2) is 14.8 Å². The fourth-order valence-electron chi connectivity index (χ4n) is 3.25. The number of fused-ring (bicyclic) bond motifs is 2. The highest BCUT2D eigenvalue weighted by molar-refractivity contribution is 7.21. The predicted octanol–water partition coefficient (Wildman–Crippen LogP) is 3.53. The van der Waals surface area contributed by atoms with E-state index in [1.54, 1.807) is 18.3 Å². The lowest BCUT2D eigenvalue weighted by atomic mass is 10.2. The van der Waals surface area contributed by atoms with Crippen LogP contribution in [0, 0.1) is 0 Å². The summed E-state index contributed by atoms with van der Waals surface area (Å²) in [6.45, 7) is 3.60. The molecule has 1 aliphatic heterocycles. The van der Waals surface area contributed by atoms with Crippen molar-refractivity contribution in [1.29, 1.82) is 0 Å². The minimum absolute atomic E-state index is 0.407. The molecule has 0 radical (unpaired) electrons. The van der Waals surface area contributed by atoms with E-state index < -0.39 is 5.63 Å². The summed E-state index contributed by atoms with van der Waals surface area (Å²) < 4.78 is 6.54. The molecule has 1 fully saturated rings. The van der Waals surface area contributed by atoms with Gasteiger partial charge in [0.1, 0.15) is 21.9 Å². The van der Waals surface area contributed by atoms with Crippen LogP contribution in [0.4, 0.5) is 5.82 Å². The molecule has 4 aromatic rings. The second kappa shape index (κ2) is 6.60. The molecule has 6 nitrogen and oxygen atoms in total. The largest absolute Gasteiger partial charge is 0.422 e. The molecule has 0 amide bonds. The lowest BCUT2D eigenvalue weighted by Crippen LogP contribution is -2.43. The Bertz CT molecular complexity index is 1210. The van der Waals surface area contributed by atoms with E-state index in [4.69, 9.17) is 16.0 Å². The van der Waals surface area contributed by atoms with Crippen LogP contribution in [0.3, 0.4) is 0 Å². The van der Waals surface area contributed by atoms with Gasteiger partial charge in [-0.2, -0.15) is 0 Å². The normalized spacial score (nSPS) is 14.9. The number of aromatic nitrogens is 2. The maximum Gasteiger partial charge on any atom is 0.346 e. The van der Waals surface area contributed by atoms with Gasteiger partial charge in [0, 0.05) is 43.8 Å². The van der Waals surface area contributed by atoms with Crippen LogP contribution < -0.4 is 15.8 Å². The molecule has 27 heavy (non-hydrogen) atoms. The molecule has 1 aromatic carbocycles. The molecule has 0 unspecified atom stereocenters. The fraction of sp³-hybridized carbons (Fsp3) is 0.211. The number of hydrogen-bond donors (Lipinski definition) is 1. The van der Waals surface area contributed by atoms with Gasteiger partial charge < -0.3 is 14.6 Å². The van der Waals surface area contributed by atoms with Gasteiger partial charge in [-0.1, -0.05) is 17.7 Å². The van der Waals surface area contributed by atoms with Crippen molar-refractivity contribution in [3.63, 3.8) is 0 Å². The lowest BCUT2D eigenvalue weighted by Gasteiger charge is -2.28. The van der Waals surface area contributed by atoms with Crippen LogP contribution in [0.2, 0.25) is 5.02 Å².